The molecule has 1 saturated carbocycles. The molecular weight excluding hydrogens is 164 g/mol. The summed E-state index contributed by atoms with van der Waals surface area (Å²) in [6.07, 6.45) is 8.54. The molecule has 0 aromatic rings. The first-order chi connectivity index (χ1) is 6.36. The van der Waals surface area contributed by atoms with Gasteiger partial charge in [-0.3, -0.25) is 0 Å². The molecule has 1 fully saturated rings. The molecule has 0 aromatic carbocycles. The minimum atomic E-state index is 0.144. The van der Waals surface area contributed by atoms with Crippen LogP contribution in [0.4, 0.5) is 0 Å². The van der Waals surface area contributed by atoms with Crippen molar-refractivity contribution >= 4 is 0 Å². The van der Waals surface area contributed by atoms with E-state index < -0.39 is 0 Å². The molecule has 0 bridgehead atoms. The van der Waals surface area contributed by atoms with Crippen LogP contribution in [0.2, 0.25) is 0 Å². The quantitative estimate of drug-likeness (QED) is 0.613. The molecule has 13 heavy (non-hydrogen) atoms. The van der Waals surface area contributed by atoms with Gasteiger partial charge < -0.3 is 9.84 Å². The standard InChI is InChI=1S/C11H12O2/c12-11-9-3-1-2-7-4-5-8(6-13-11)10(7)9/h1-3,8,10,12H,4-6H2/t8-,10-/m1/s1. The summed E-state index contributed by atoms with van der Waals surface area (Å²) in [5, 5.41) is 9.55. The van der Waals surface area contributed by atoms with Crippen LogP contribution in [-0.4, -0.2) is 11.7 Å². The third kappa shape index (κ3) is 0.886. The highest BCUT2D eigenvalue weighted by Gasteiger charge is 2.39. The zero-order chi connectivity index (χ0) is 8.84. The molecular formula is C11H12O2. The SMILES string of the molecule is OC1=C2C=CC=C3CC[C@H](CO1)[C@@H]32. The van der Waals surface area contributed by atoms with Gasteiger partial charge >= 0.3 is 0 Å². The van der Waals surface area contributed by atoms with Crippen LogP contribution in [0.5, 0.6) is 0 Å². The molecule has 2 nitrogen and oxygen atoms in total. The van der Waals surface area contributed by atoms with E-state index in [0.29, 0.717) is 18.4 Å². The Kier molecular flexibility index (Phi) is 1.34. The topological polar surface area (TPSA) is 29.5 Å². The molecule has 0 spiro atoms. The monoisotopic (exact) mass is 176 g/mol. The first-order valence-corrected chi connectivity index (χ1v) is 4.79. The van der Waals surface area contributed by atoms with Crippen LogP contribution >= 0.6 is 0 Å². The second-order valence-corrected chi connectivity index (χ2v) is 3.95. The van der Waals surface area contributed by atoms with Gasteiger partial charge in [0.2, 0.25) is 0 Å². The van der Waals surface area contributed by atoms with Crippen LogP contribution < -0.4 is 0 Å². The van der Waals surface area contributed by atoms with Gasteiger partial charge in [-0.15, -0.1) is 0 Å². The molecule has 2 atom stereocenters. The van der Waals surface area contributed by atoms with Gasteiger partial charge in [0.05, 0.1) is 6.61 Å². The molecule has 3 rings (SSSR count). The number of ether oxygens (including phenoxy) is 1. The summed E-state index contributed by atoms with van der Waals surface area (Å²) in [5.74, 6) is 1.20. The fourth-order valence-corrected chi connectivity index (χ4v) is 2.65. The van der Waals surface area contributed by atoms with Gasteiger partial charge in [-0.05, 0) is 12.8 Å². The minimum absolute atomic E-state index is 0.144. The average molecular weight is 176 g/mol. The Hall–Kier alpha value is -1.18. The van der Waals surface area contributed by atoms with Crippen molar-refractivity contribution in [1.29, 1.82) is 0 Å². The zero-order valence-electron chi connectivity index (χ0n) is 7.36. The van der Waals surface area contributed by atoms with Crippen molar-refractivity contribution in [2.24, 2.45) is 11.8 Å². The van der Waals surface area contributed by atoms with Crippen molar-refractivity contribution in [2.75, 3.05) is 6.61 Å². The van der Waals surface area contributed by atoms with Gasteiger partial charge in [0, 0.05) is 17.4 Å². The van der Waals surface area contributed by atoms with Gasteiger partial charge in [-0.25, -0.2) is 0 Å². The first kappa shape index (κ1) is 7.25. The number of rotatable bonds is 0. The lowest BCUT2D eigenvalue weighted by molar-refractivity contribution is 0.0401. The molecule has 0 amide bonds. The Labute approximate surface area is 77.2 Å². The summed E-state index contributed by atoms with van der Waals surface area (Å²) >= 11 is 0. The van der Waals surface area contributed by atoms with Gasteiger partial charge in [0.25, 0.3) is 5.95 Å². The Bertz CT molecular complexity index is 336. The Morgan fingerprint density at radius 1 is 1.46 bits per heavy atom. The minimum Gasteiger partial charge on any atom is -0.481 e. The molecule has 0 unspecified atom stereocenters. The van der Waals surface area contributed by atoms with Crippen LogP contribution in [0.1, 0.15) is 12.8 Å². The van der Waals surface area contributed by atoms with Crippen LogP contribution in [0.25, 0.3) is 0 Å². The van der Waals surface area contributed by atoms with E-state index in [1.165, 1.54) is 18.4 Å². The van der Waals surface area contributed by atoms with E-state index in [2.05, 4.69) is 6.08 Å². The normalized spacial score (nSPS) is 35.5. The van der Waals surface area contributed by atoms with Crippen LogP contribution in [-0.2, 0) is 4.74 Å². The maximum Gasteiger partial charge on any atom is 0.280 e. The molecule has 68 valence electrons. The van der Waals surface area contributed by atoms with Crippen molar-refractivity contribution < 1.29 is 9.84 Å². The summed E-state index contributed by atoms with van der Waals surface area (Å²) in [4.78, 5) is 0. The zero-order valence-corrected chi connectivity index (χ0v) is 7.36. The van der Waals surface area contributed by atoms with Crippen molar-refractivity contribution in [3.8, 4) is 0 Å². The summed E-state index contributed by atoms with van der Waals surface area (Å²) in [6, 6.07) is 0. The van der Waals surface area contributed by atoms with E-state index in [9.17, 15) is 5.11 Å². The molecule has 0 saturated heterocycles. The summed E-state index contributed by atoms with van der Waals surface area (Å²) < 4.78 is 5.23. The average Bonchev–Trinajstić information content (AvgIpc) is 2.57. The molecule has 2 aliphatic carbocycles. The van der Waals surface area contributed by atoms with E-state index in [1.807, 2.05) is 12.2 Å². The predicted octanol–water partition coefficient (Wildman–Crippen LogP) is 2.31. The molecule has 1 N–H and O–H groups in total. The van der Waals surface area contributed by atoms with Gasteiger partial charge in [-0.1, -0.05) is 23.8 Å². The fraction of sp³-hybridized carbons (Fsp3) is 0.455. The predicted molar refractivity (Wildman–Crippen MR) is 49.0 cm³/mol. The van der Waals surface area contributed by atoms with Crippen molar-refractivity contribution in [1.82, 2.24) is 0 Å². The van der Waals surface area contributed by atoms with E-state index in [0.717, 1.165) is 5.57 Å². The fourth-order valence-electron chi connectivity index (χ4n) is 2.65. The number of hydrogen-bond acceptors (Lipinski definition) is 2. The second-order valence-electron chi connectivity index (χ2n) is 3.95. The molecule has 1 aliphatic heterocycles. The lowest BCUT2D eigenvalue weighted by Gasteiger charge is -2.29. The Morgan fingerprint density at radius 2 is 2.38 bits per heavy atom. The van der Waals surface area contributed by atoms with E-state index >= 15 is 0 Å². The van der Waals surface area contributed by atoms with Crippen LogP contribution in [0, 0.1) is 11.8 Å². The highest BCUT2D eigenvalue weighted by Crippen LogP contribution is 2.46. The number of aliphatic hydroxyl groups is 1. The summed E-state index contributed by atoms with van der Waals surface area (Å²) in [7, 11) is 0. The lowest BCUT2D eigenvalue weighted by Crippen LogP contribution is -2.24. The summed E-state index contributed by atoms with van der Waals surface area (Å²) in [5.41, 5.74) is 2.46. The molecule has 1 heterocycles. The van der Waals surface area contributed by atoms with E-state index in [4.69, 9.17) is 4.74 Å². The van der Waals surface area contributed by atoms with E-state index in [-0.39, 0.29) is 5.95 Å². The first-order valence-electron chi connectivity index (χ1n) is 4.79. The van der Waals surface area contributed by atoms with Gasteiger partial charge in [-0.2, -0.15) is 0 Å². The van der Waals surface area contributed by atoms with E-state index in [1.54, 1.807) is 0 Å². The third-order valence-corrected chi connectivity index (χ3v) is 3.28. The highest BCUT2D eigenvalue weighted by atomic mass is 16.6. The largest absolute Gasteiger partial charge is 0.481 e. The maximum absolute atomic E-state index is 9.55. The molecule has 3 aliphatic rings. The van der Waals surface area contributed by atoms with Crippen molar-refractivity contribution in [3.05, 3.63) is 35.3 Å². The maximum atomic E-state index is 9.55. The number of aliphatic hydroxyl groups excluding tert-OH is 1. The van der Waals surface area contributed by atoms with Crippen molar-refractivity contribution in [3.63, 3.8) is 0 Å². The third-order valence-electron chi connectivity index (χ3n) is 3.28. The summed E-state index contributed by atoms with van der Waals surface area (Å²) in [6.45, 7) is 0.686. The van der Waals surface area contributed by atoms with Gasteiger partial charge in [0.15, 0.2) is 0 Å². The Morgan fingerprint density at radius 3 is 3.31 bits per heavy atom. The number of hydrogen-bond donors (Lipinski definition) is 1. The highest BCUT2D eigenvalue weighted by molar-refractivity contribution is 5.42. The molecule has 0 aromatic heterocycles. The molecule has 0 radical (unpaired) electrons. The smallest absolute Gasteiger partial charge is 0.280 e. The van der Waals surface area contributed by atoms with Gasteiger partial charge in [0.1, 0.15) is 0 Å². The second kappa shape index (κ2) is 2.41. The Balaban J connectivity index is 2.13. The van der Waals surface area contributed by atoms with Crippen LogP contribution in [0.15, 0.2) is 35.3 Å². The number of allylic oxidation sites excluding steroid dienone is 5. The molecule has 2 heteroatoms. The van der Waals surface area contributed by atoms with Crippen LogP contribution in [0.3, 0.4) is 0 Å². The lowest BCUT2D eigenvalue weighted by atomic mass is 9.83. The van der Waals surface area contributed by atoms with Crippen molar-refractivity contribution in [2.45, 2.75) is 12.8 Å².